The van der Waals surface area contributed by atoms with E-state index >= 15 is 0 Å². The number of rotatable bonds is 12. The van der Waals surface area contributed by atoms with E-state index in [4.69, 9.17) is 18.9 Å². The summed E-state index contributed by atoms with van der Waals surface area (Å²) in [7, 11) is 0. The lowest BCUT2D eigenvalue weighted by molar-refractivity contribution is -0.252. The molecule has 18 heteroatoms. The van der Waals surface area contributed by atoms with Gasteiger partial charge in [0, 0.05) is 25.7 Å². The summed E-state index contributed by atoms with van der Waals surface area (Å²) in [6.45, 7) is 5.55. The van der Waals surface area contributed by atoms with Crippen LogP contribution in [0.15, 0.2) is 56.4 Å². The molecule has 4 heterocycles. The number of cyclic esters (lactones) is 2. The summed E-state index contributed by atoms with van der Waals surface area (Å²) in [5.74, 6) is -6.12. The molecule has 0 spiro atoms. The van der Waals surface area contributed by atoms with Crippen molar-refractivity contribution in [1.29, 1.82) is 0 Å². The summed E-state index contributed by atoms with van der Waals surface area (Å²) in [6.07, 6.45) is 4.25. The highest BCUT2D eigenvalue weighted by molar-refractivity contribution is 5.89. The molecule has 0 aromatic carbocycles. The van der Waals surface area contributed by atoms with E-state index in [0.29, 0.717) is 12.8 Å². The van der Waals surface area contributed by atoms with E-state index in [-0.39, 0.29) is 43.5 Å². The highest BCUT2D eigenvalue weighted by Crippen LogP contribution is 2.38. The largest absolute Gasteiger partial charge is 0.479 e. The van der Waals surface area contributed by atoms with Crippen LogP contribution in [-0.2, 0) is 28.5 Å². The number of esters is 2. The van der Waals surface area contributed by atoms with Gasteiger partial charge in [0.2, 0.25) is 0 Å². The van der Waals surface area contributed by atoms with Crippen molar-refractivity contribution in [3.8, 4) is 0 Å². The molecule has 0 saturated carbocycles. The molecular formula is C22H28N10O8. The average molecular weight is 561 g/mol. The number of nitrogens with one attached hydrogen (secondary N) is 2. The van der Waals surface area contributed by atoms with Crippen LogP contribution in [0.5, 0.6) is 0 Å². The molecule has 0 fully saturated rings. The van der Waals surface area contributed by atoms with Crippen molar-refractivity contribution in [2.24, 2.45) is 26.4 Å². The van der Waals surface area contributed by atoms with Crippen LogP contribution in [0, 0.1) is 5.92 Å². The van der Waals surface area contributed by atoms with E-state index in [2.05, 4.69) is 50.8 Å². The first-order valence-corrected chi connectivity index (χ1v) is 12.4. The Morgan fingerprint density at radius 2 is 1.27 bits per heavy atom. The summed E-state index contributed by atoms with van der Waals surface area (Å²) in [6, 6.07) is 0. The van der Waals surface area contributed by atoms with Gasteiger partial charge in [-0.25, -0.2) is 9.59 Å². The molecule has 4 N–H and O–H groups in total. The van der Waals surface area contributed by atoms with Gasteiger partial charge < -0.3 is 39.1 Å². The highest BCUT2D eigenvalue weighted by atomic mass is 16.8. The fraction of sp³-hybridized carbons (Fsp3) is 0.545. The number of azo groups is 2. The molecule has 2 unspecified atom stereocenters. The van der Waals surface area contributed by atoms with Gasteiger partial charge in [-0.3, -0.25) is 0 Å². The maximum atomic E-state index is 12.7. The predicted molar refractivity (Wildman–Crippen MR) is 129 cm³/mol. The van der Waals surface area contributed by atoms with Crippen LogP contribution in [0.25, 0.3) is 0 Å². The lowest BCUT2D eigenvalue weighted by Gasteiger charge is -2.38. The number of H-pyrrole nitrogens is 2. The molecule has 214 valence electrons. The first kappa shape index (κ1) is 28.1. The average Bonchev–Trinajstić information content (AvgIpc) is 3.60. The lowest BCUT2D eigenvalue weighted by Crippen LogP contribution is -2.44. The van der Waals surface area contributed by atoms with Crippen molar-refractivity contribution < 1.29 is 38.7 Å². The van der Waals surface area contributed by atoms with Crippen molar-refractivity contribution in [3.63, 3.8) is 0 Å². The number of hydrogen-bond acceptors (Lipinski definition) is 16. The summed E-state index contributed by atoms with van der Waals surface area (Å²) in [5, 5.41) is 49.7. The molecule has 2 aromatic heterocycles. The monoisotopic (exact) mass is 560 g/mol. The number of unbranched alkanes of at least 4 members (excludes halogenated alkanes) is 1. The molecule has 2 aliphatic rings. The normalized spacial score (nSPS) is 23.6. The van der Waals surface area contributed by atoms with Crippen molar-refractivity contribution in [2.45, 2.75) is 70.9 Å². The van der Waals surface area contributed by atoms with Gasteiger partial charge in [0.1, 0.15) is 12.7 Å². The Labute approximate surface area is 226 Å². The van der Waals surface area contributed by atoms with Crippen molar-refractivity contribution in [3.05, 3.63) is 35.9 Å². The first-order chi connectivity index (χ1) is 19.1. The number of aromatic amines is 2. The van der Waals surface area contributed by atoms with Gasteiger partial charge in [-0.15, -0.1) is 40.9 Å². The first-order valence-electron chi connectivity index (χ1n) is 12.4. The standard InChI is InChI=1S/C22H28N10O8/c1-4-21(37-15(33)13(16(34)38-21)27-31-19-23-10-25-29-19)7-5-6-8-22(9-12(2)3)39-17(35)14(18(36)40-22)28-32-20-24-11-26-30-20/h10-12,33,35H,4-9H2,1-3H3,(H,23,25,29)(H,24,26,30). The number of nitrogens with zero attached hydrogens (tertiary/aromatic N) is 8. The number of aliphatic hydroxyl groups excluding tert-OH is 2. The maximum absolute atomic E-state index is 12.7. The minimum atomic E-state index is -1.46. The van der Waals surface area contributed by atoms with Gasteiger partial charge in [0.25, 0.3) is 34.9 Å². The smallest absolute Gasteiger partial charge is 0.369 e. The topological polar surface area (TPSA) is 244 Å². The van der Waals surface area contributed by atoms with Crippen LogP contribution >= 0.6 is 0 Å². The third-order valence-corrected chi connectivity index (χ3v) is 5.84. The molecule has 2 atom stereocenters. The van der Waals surface area contributed by atoms with Crippen molar-refractivity contribution in [1.82, 2.24) is 30.4 Å². The minimum absolute atomic E-state index is 0.0206. The SMILES string of the molecule is CCC1(CCCCC2(CC(C)C)OC(=O)C(N=Nc3nnc[nH]3)=C(O)O2)OC(=O)C(N=Nc2nnc[nH]2)=C(O)O1. The number of aliphatic hydroxyl groups is 2. The lowest BCUT2D eigenvalue weighted by atomic mass is 9.95. The molecule has 0 amide bonds. The minimum Gasteiger partial charge on any atom is -0.479 e. The second kappa shape index (κ2) is 11.9. The van der Waals surface area contributed by atoms with Crippen molar-refractivity contribution >= 4 is 23.8 Å². The van der Waals surface area contributed by atoms with E-state index in [1.807, 2.05) is 13.8 Å². The Balaban J connectivity index is 1.40. The summed E-state index contributed by atoms with van der Waals surface area (Å²) in [4.78, 5) is 30.4. The Kier molecular flexibility index (Phi) is 8.34. The zero-order chi connectivity index (χ0) is 28.8. The summed E-state index contributed by atoms with van der Waals surface area (Å²) < 4.78 is 22.3. The number of hydrogen-bond donors (Lipinski definition) is 4. The molecule has 0 aliphatic carbocycles. The molecule has 4 rings (SSSR count). The van der Waals surface area contributed by atoms with Gasteiger partial charge in [-0.05, 0) is 18.8 Å². The van der Waals surface area contributed by atoms with Gasteiger partial charge >= 0.3 is 23.8 Å². The Morgan fingerprint density at radius 1 is 0.800 bits per heavy atom. The van der Waals surface area contributed by atoms with Crippen LogP contribution in [-0.4, -0.2) is 64.1 Å². The van der Waals surface area contributed by atoms with Gasteiger partial charge in [0.15, 0.2) is 0 Å². The molecule has 18 nitrogen and oxygen atoms in total. The third kappa shape index (κ3) is 6.56. The van der Waals surface area contributed by atoms with E-state index in [1.165, 1.54) is 12.7 Å². The zero-order valence-corrected chi connectivity index (χ0v) is 21.9. The van der Waals surface area contributed by atoms with Gasteiger partial charge in [0.05, 0.1) is 0 Å². The molecule has 0 bridgehead atoms. The van der Waals surface area contributed by atoms with Crippen molar-refractivity contribution in [2.75, 3.05) is 0 Å². The van der Waals surface area contributed by atoms with E-state index in [1.54, 1.807) is 6.92 Å². The number of carbonyl (C=O) groups is 2. The number of ether oxygens (including phenoxy) is 4. The van der Waals surface area contributed by atoms with Crippen LogP contribution in [0.3, 0.4) is 0 Å². The Hall–Kier alpha value is -4.90. The van der Waals surface area contributed by atoms with E-state index < -0.39 is 46.8 Å². The fourth-order valence-electron chi connectivity index (χ4n) is 4.08. The molecule has 40 heavy (non-hydrogen) atoms. The van der Waals surface area contributed by atoms with E-state index in [9.17, 15) is 19.8 Å². The molecule has 0 radical (unpaired) electrons. The highest BCUT2D eigenvalue weighted by Gasteiger charge is 2.46. The van der Waals surface area contributed by atoms with Crippen LogP contribution in [0.4, 0.5) is 11.9 Å². The molecule has 0 saturated heterocycles. The zero-order valence-electron chi connectivity index (χ0n) is 21.9. The molecular weight excluding hydrogens is 532 g/mol. The van der Waals surface area contributed by atoms with Gasteiger partial charge in [-0.1, -0.05) is 20.8 Å². The Morgan fingerprint density at radius 3 is 1.70 bits per heavy atom. The maximum Gasteiger partial charge on any atom is 0.369 e. The molecule has 2 aromatic rings. The van der Waals surface area contributed by atoms with Crippen LogP contribution in [0.1, 0.15) is 59.3 Å². The summed E-state index contributed by atoms with van der Waals surface area (Å²) in [5.41, 5.74) is -1.03. The Bertz CT molecular complexity index is 1320. The predicted octanol–water partition coefficient (Wildman–Crippen LogP) is 3.80. The third-order valence-electron chi connectivity index (χ3n) is 5.84. The van der Waals surface area contributed by atoms with Crippen LogP contribution in [0.2, 0.25) is 0 Å². The second-order valence-corrected chi connectivity index (χ2v) is 9.30. The quantitative estimate of drug-likeness (QED) is 0.164. The van der Waals surface area contributed by atoms with E-state index in [0.717, 1.165) is 0 Å². The van der Waals surface area contributed by atoms with Crippen LogP contribution < -0.4 is 0 Å². The molecule has 2 aliphatic heterocycles. The van der Waals surface area contributed by atoms with Gasteiger partial charge in [-0.2, -0.15) is 0 Å². The fourth-order valence-corrected chi connectivity index (χ4v) is 4.08. The summed E-state index contributed by atoms with van der Waals surface area (Å²) >= 11 is 0. The number of aromatic nitrogens is 6. The second-order valence-electron chi connectivity index (χ2n) is 9.30. The number of carbonyl (C=O) groups excluding carboxylic acids is 2.